The maximum atomic E-state index is 12.2. The quantitative estimate of drug-likeness (QED) is 0.637. The third-order valence-corrected chi connectivity index (χ3v) is 4.83. The van der Waals surface area contributed by atoms with E-state index in [4.69, 9.17) is 21.1 Å². The zero-order valence-electron chi connectivity index (χ0n) is 15.9. The predicted molar refractivity (Wildman–Crippen MR) is 113 cm³/mol. The molecule has 1 aliphatic rings. The highest BCUT2D eigenvalue weighted by molar-refractivity contribution is 6.32. The molecule has 1 aliphatic heterocycles. The fourth-order valence-electron chi connectivity index (χ4n) is 3.04. The molecule has 0 radical (unpaired) electrons. The van der Waals surface area contributed by atoms with Crippen molar-refractivity contribution >= 4 is 29.3 Å². The third kappa shape index (κ3) is 4.60. The summed E-state index contributed by atoms with van der Waals surface area (Å²) in [5.41, 5.74) is 2.62. The first-order valence-corrected chi connectivity index (χ1v) is 9.61. The van der Waals surface area contributed by atoms with Crippen LogP contribution >= 0.6 is 11.6 Å². The van der Waals surface area contributed by atoms with Crippen LogP contribution in [0.1, 0.15) is 17.0 Å². The van der Waals surface area contributed by atoms with Gasteiger partial charge >= 0.3 is 0 Å². The molecule has 0 aliphatic carbocycles. The van der Waals surface area contributed by atoms with Crippen LogP contribution in [0, 0.1) is 6.92 Å². The molecule has 4 rings (SSSR count). The molecular formula is C22H20ClN3O3. The molecule has 0 fully saturated rings. The molecule has 2 aromatic carbocycles. The van der Waals surface area contributed by atoms with Crippen LogP contribution in [0.2, 0.25) is 5.02 Å². The SMILES string of the molecule is Cc1nccn1Cc1ccc(NC(=O)/C=C/c2cc(Cl)c3c(c2)OCCO3)cc1. The second-order valence-electron chi connectivity index (χ2n) is 6.65. The summed E-state index contributed by atoms with van der Waals surface area (Å²) in [4.78, 5) is 16.5. The number of anilines is 1. The van der Waals surface area contributed by atoms with Crippen LogP contribution in [0.5, 0.6) is 11.5 Å². The molecule has 7 heteroatoms. The summed E-state index contributed by atoms with van der Waals surface area (Å²) >= 11 is 6.22. The van der Waals surface area contributed by atoms with Crippen molar-refractivity contribution in [3.05, 3.63) is 76.8 Å². The Balaban J connectivity index is 1.38. The first-order chi connectivity index (χ1) is 14.1. The van der Waals surface area contributed by atoms with Crippen molar-refractivity contribution < 1.29 is 14.3 Å². The molecule has 148 valence electrons. The number of aryl methyl sites for hydroxylation is 1. The Morgan fingerprint density at radius 1 is 1.24 bits per heavy atom. The average Bonchev–Trinajstić information content (AvgIpc) is 3.12. The molecule has 0 unspecified atom stereocenters. The van der Waals surface area contributed by atoms with E-state index >= 15 is 0 Å². The van der Waals surface area contributed by atoms with E-state index in [9.17, 15) is 4.79 Å². The minimum Gasteiger partial charge on any atom is -0.486 e. The van der Waals surface area contributed by atoms with E-state index < -0.39 is 0 Å². The van der Waals surface area contributed by atoms with E-state index in [1.807, 2.05) is 37.4 Å². The highest BCUT2D eigenvalue weighted by Crippen LogP contribution is 2.38. The van der Waals surface area contributed by atoms with E-state index in [1.54, 1.807) is 24.4 Å². The predicted octanol–water partition coefficient (Wildman–Crippen LogP) is 4.32. The fourth-order valence-corrected chi connectivity index (χ4v) is 3.32. The summed E-state index contributed by atoms with van der Waals surface area (Å²) in [6.45, 7) is 3.67. The van der Waals surface area contributed by atoms with Gasteiger partial charge in [-0.3, -0.25) is 4.79 Å². The second-order valence-corrected chi connectivity index (χ2v) is 7.06. The van der Waals surface area contributed by atoms with Crippen LogP contribution in [-0.4, -0.2) is 28.7 Å². The third-order valence-electron chi connectivity index (χ3n) is 4.54. The van der Waals surface area contributed by atoms with Gasteiger partial charge in [-0.15, -0.1) is 0 Å². The van der Waals surface area contributed by atoms with Crippen molar-refractivity contribution in [3.8, 4) is 11.5 Å². The Morgan fingerprint density at radius 2 is 2.03 bits per heavy atom. The van der Waals surface area contributed by atoms with Gasteiger partial charge in [-0.25, -0.2) is 4.98 Å². The number of hydrogen-bond donors (Lipinski definition) is 1. The van der Waals surface area contributed by atoms with E-state index in [0.717, 1.165) is 29.2 Å². The molecule has 1 aromatic heterocycles. The number of carbonyl (C=O) groups excluding carboxylic acids is 1. The van der Waals surface area contributed by atoms with E-state index in [1.165, 1.54) is 6.08 Å². The van der Waals surface area contributed by atoms with Gasteiger partial charge in [0, 0.05) is 30.7 Å². The molecule has 0 saturated heterocycles. The summed E-state index contributed by atoms with van der Waals surface area (Å²) in [6.07, 6.45) is 6.88. The fraction of sp³-hybridized carbons (Fsp3) is 0.182. The molecule has 29 heavy (non-hydrogen) atoms. The molecule has 0 spiro atoms. The van der Waals surface area contributed by atoms with Crippen LogP contribution in [0.15, 0.2) is 54.9 Å². The van der Waals surface area contributed by atoms with Crippen LogP contribution in [0.25, 0.3) is 6.08 Å². The maximum absolute atomic E-state index is 12.2. The number of amides is 1. The number of imidazole rings is 1. The summed E-state index contributed by atoms with van der Waals surface area (Å²) in [5, 5.41) is 3.32. The first kappa shape index (κ1) is 19.1. The number of carbonyl (C=O) groups is 1. The number of aromatic nitrogens is 2. The van der Waals surface area contributed by atoms with Gasteiger partial charge in [0.25, 0.3) is 0 Å². The number of halogens is 1. The number of hydrogen-bond acceptors (Lipinski definition) is 4. The lowest BCUT2D eigenvalue weighted by atomic mass is 10.1. The molecule has 6 nitrogen and oxygen atoms in total. The van der Waals surface area contributed by atoms with Crippen molar-refractivity contribution in [2.45, 2.75) is 13.5 Å². The second kappa shape index (κ2) is 8.41. The molecule has 2 heterocycles. The smallest absolute Gasteiger partial charge is 0.248 e. The maximum Gasteiger partial charge on any atom is 0.248 e. The Labute approximate surface area is 173 Å². The molecule has 0 bridgehead atoms. The number of nitrogens with one attached hydrogen (secondary N) is 1. The monoisotopic (exact) mass is 409 g/mol. The largest absolute Gasteiger partial charge is 0.486 e. The summed E-state index contributed by atoms with van der Waals surface area (Å²) < 4.78 is 13.1. The molecule has 1 amide bonds. The minimum absolute atomic E-state index is 0.228. The number of nitrogens with zero attached hydrogens (tertiary/aromatic N) is 2. The van der Waals surface area contributed by atoms with Gasteiger partial charge in [0.05, 0.1) is 5.02 Å². The zero-order valence-corrected chi connectivity index (χ0v) is 16.6. The number of rotatable bonds is 5. The van der Waals surface area contributed by atoms with Crippen LogP contribution in [0.3, 0.4) is 0 Å². The molecule has 3 aromatic rings. The van der Waals surface area contributed by atoms with E-state index in [0.29, 0.717) is 29.7 Å². The normalized spacial score (nSPS) is 12.9. The number of fused-ring (bicyclic) bond motifs is 1. The van der Waals surface area contributed by atoms with Gasteiger partial charge in [-0.05, 0) is 48.4 Å². The zero-order chi connectivity index (χ0) is 20.2. The summed E-state index contributed by atoms with van der Waals surface area (Å²) in [6, 6.07) is 11.3. The highest BCUT2D eigenvalue weighted by atomic mass is 35.5. The van der Waals surface area contributed by atoms with Gasteiger partial charge in [0.1, 0.15) is 19.0 Å². The van der Waals surface area contributed by atoms with Gasteiger partial charge in [0.15, 0.2) is 11.5 Å². The number of ether oxygens (including phenoxy) is 2. The van der Waals surface area contributed by atoms with Gasteiger partial charge < -0.3 is 19.4 Å². The summed E-state index contributed by atoms with van der Waals surface area (Å²) in [7, 11) is 0. The van der Waals surface area contributed by atoms with Crippen molar-refractivity contribution in [1.29, 1.82) is 0 Å². The van der Waals surface area contributed by atoms with Crippen LogP contribution in [0.4, 0.5) is 5.69 Å². The Hall–Kier alpha value is -3.25. The Morgan fingerprint density at radius 3 is 2.79 bits per heavy atom. The van der Waals surface area contributed by atoms with Gasteiger partial charge in [-0.1, -0.05) is 23.7 Å². The Kier molecular flexibility index (Phi) is 5.53. The van der Waals surface area contributed by atoms with Crippen molar-refractivity contribution in [2.24, 2.45) is 0 Å². The lowest BCUT2D eigenvalue weighted by Crippen LogP contribution is -2.15. The highest BCUT2D eigenvalue weighted by Gasteiger charge is 2.16. The topological polar surface area (TPSA) is 65.4 Å². The average molecular weight is 410 g/mol. The molecule has 0 atom stereocenters. The molecule has 1 N–H and O–H groups in total. The van der Waals surface area contributed by atoms with Crippen molar-refractivity contribution in [3.63, 3.8) is 0 Å². The summed E-state index contributed by atoms with van der Waals surface area (Å²) in [5.74, 6) is 1.87. The van der Waals surface area contributed by atoms with Crippen LogP contribution < -0.4 is 14.8 Å². The van der Waals surface area contributed by atoms with Crippen molar-refractivity contribution in [1.82, 2.24) is 9.55 Å². The van der Waals surface area contributed by atoms with Crippen LogP contribution in [-0.2, 0) is 11.3 Å². The molecule has 0 saturated carbocycles. The first-order valence-electron chi connectivity index (χ1n) is 9.23. The van der Waals surface area contributed by atoms with Crippen molar-refractivity contribution in [2.75, 3.05) is 18.5 Å². The number of benzene rings is 2. The lowest BCUT2D eigenvalue weighted by Gasteiger charge is -2.19. The van der Waals surface area contributed by atoms with E-state index in [-0.39, 0.29) is 5.91 Å². The standard InChI is InChI=1S/C22H20ClN3O3/c1-15-24-8-9-26(15)14-16-2-5-18(6-3-16)25-21(27)7-4-17-12-19(23)22-20(13-17)28-10-11-29-22/h2-9,12-13H,10-11,14H2,1H3,(H,25,27)/b7-4+. The molecular weight excluding hydrogens is 390 g/mol. The van der Waals surface area contributed by atoms with E-state index in [2.05, 4.69) is 14.9 Å². The van der Waals surface area contributed by atoms with Gasteiger partial charge in [-0.2, -0.15) is 0 Å². The Bertz CT molecular complexity index is 1060. The van der Waals surface area contributed by atoms with Gasteiger partial charge in [0.2, 0.25) is 5.91 Å². The minimum atomic E-state index is -0.228. The lowest BCUT2D eigenvalue weighted by molar-refractivity contribution is -0.111.